The highest BCUT2D eigenvalue weighted by molar-refractivity contribution is 9.10. The Balaban J connectivity index is 1.47. The highest BCUT2D eigenvalue weighted by atomic mass is 79.9. The van der Waals surface area contributed by atoms with Gasteiger partial charge < -0.3 is 9.80 Å². The Morgan fingerprint density at radius 3 is 1.73 bits per heavy atom. The molecule has 0 spiro atoms. The Morgan fingerprint density at radius 2 is 1.21 bits per heavy atom. The van der Waals surface area contributed by atoms with Crippen LogP contribution in [0.2, 0.25) is 0 Å². The number of amides is 2. The number of fused-ring (bicyclic) bond motifs is 2. The average molecular weight is 503 g/mol. The molecule has 0 atom stereocenters. The van der Waals surface area contributed by atoms with Crippen LogP contribution in [0.15, 0.2) is 77.3 Å². The van der Waals surface area contributed by atoms with Gasteiger partial charge in [-0.3, -0.25) is 14.4 Å². The SMILES string of the molecule is O=C(CC(C(=O)N1CCc2ccccc21)C(=O)N1CCc2ccccc21)c1ccc(Br)cc1. The molecular formula is C27H23BrN2O3. The zero-order chi connectivity index (χ0) is 22.9. The zero-order valence-corrected chi connectivity index (χ0v) is 19.6. The number of carbonyl (C=O) groups excluding carboxylic acids is 3. The molecule has 0 saturated carbocycles. The van der Waals surface area contributed by atoms with Crippen molar-refractivity contribution in [3.8, 4) is 0 Å². The number of rotatable bonds is 5. The smallest absolute Gasteiger partial charge is 0.240 e. The molecule has 0 radical (unpaired) electrons. The Kier molecular flexibility index (Phi) is 5.85. The molecule has 6 heteroatoms. The minimum Gasteiger partial charge on any atom is -0.311 e. The molecule has 0 unspecified atom stereocenters. The van der Waals surface area contributed by atoms with Gasteiger partial charge in [-0.05, 0) is 48.2 Å². The molecular weight excluding hydrogens is 480 g/mol. The van der Waals surface area contributed by atoms with E-state index in [9.17, 15) is 14.4 Å². The molecule has 0 bridgehead atoms. The number of ketones is 1. The molecule has 0 saturated heterocycles. The normalized spacial score (nSPS) is 14.4. The van der Waals surface area contributed by atoms with E-state index in [1.165, 1.54) is 0 Å². The summed E-state index contributed by atoms with van der Waals surface area (Å²) < 4.78 is 0.866. The summed E-state index contributed by atoms with van der Waals surface area (Å²) in [6, 6.07) is 22.5. The van der Waals surface area contributed by atoms with Crippen molar-refractivity contribution in [2.75, 3.05) is 22.9 Å². The number of benzene rings is 3. The molecule has 0 aliphatic carbocycles. The molecule has 33 heavy (non-hydrogen) atoms. The third kappa shape index (κ3) is 4.11. The third-order valence-electron chi connectivity index (χ3n) is 6.46. The summed E-state index contributed by atoms with van der Waals surface area (Å²) in [7, 11) is 0. The van der Waals surface area contributed by atoms with Gasteiger partial charge in [0.25, 0.3) is 0 Å². The quantitative estimate of drug-likeness (QED) is 0.371. The van der Waals surface area contributed by atoms with Crippen LogP contribution in [-0.4, -0.2) is 30.7 Å². The average Bonchev–Trinajstić information content (AvgIpc) is 3.46. The van der Waals surface area contributed by atoms with E-state index in [4.69, 9.17) is 0 Å². The standard InChI is InChI=1S/C27H23BrN2O3/c28-21-11-9-20(10-12-21)25(31)17-22(26(32)29-15-13-18-5-1-3-7-23(18)29)27(33)30-16-14-19-6-2-4-8-24(19)30/h1-12,22H,13-17H2. The highest BCUT2D eigenvalue weighted by Gasteiger charge is 2.40. The van der Waals surface area contributed by atoms with E-state index in [1.54, 1.807) is 34.1 Å². The maximum Gasteiger partial charge on any atom is 0.240 e. The van der Waals surface area contributed by atoms with Crippen LogP contribution in [0.3, 0.4) is 0 Å². The monoisotopic (exact) mass is 502 g/mol. The number of anilines is 2. The third-order valence-corrected chi connectivity index (χ3v) is 6.99. The van der Waals surface area contributed by atoms with Crippen molar-refractivity contribution in [1.29, 1.82) is 0 Å². The van der Waals surface area contributed by atoms with Crippen LogP contribution in [0, 0.1) is 5.92 Å². The van der Waals surface area contributed by atoms with E-state index in [-0.39, 0.29) is 24.0 Å². The Bertz CT molecular complexity index is 1170. The van der Waals surface area contributed by atoms with Gasteiger partial charge in [0.1, 0.15) is 5.92 Å². The lowest BCUT2D eigenvalue weighted by Gasteiger charge is -2.27. The first-order valence-electron chi connectivity index (χ1n) is 11.1. The van der Waals surface area contributed by atoms with Crippen molar-refractivity contribution in [2.24, 2.45) is 5.92 Å². The van der Waals surface area contributed by atoms with Gasteiger partial charge in [0, 0.05) is 40.9 Å². The van der Waals surface area contributed by atoms with Crippen LogP contribution in [0.4, 0.5) is 11.4 Å². The van der Waals surface area contributed by atoms with Crippen molar-refractivity contribution in [1.82, 2.24) is 0 Å². The largest absolute Gasteiger partial charge is 0.311 e. The Hall–Kier alpha value is -3.25. The van der Waals surface area contributed by atoms with E-state index in [0.29, 0.717) is 18.7 Å². The van der Waals surface area contributed by atoms with Gasteiger partial charge in [0.2, 0.25) is 11.8 Å². The van der Waals surface area contributed by atoms with Crippen molar-refractivity contribution in [3.05, 3.63) is 94.0 Å². The van der Waals surface area contributed by atoms with Crippen molar-refractivity contribution in [3.63, 3.8) is 0 Å². The number of para-hydroxylation sites is 2. The van der Waals surface area contributed by atoms with Crippen LogP contribution >= 0.6 is 15.9 Å². The Morgan fingerprint density at radius 1 is 0.727 bits per heavy atom. The summed E-state index contributed by atoms with van der Waals surface area (Å²) in [5, 5.41) is 0. The molecule has 5 nitrogen and oxygen atoms in total. The van der Waals surface area contributed by atoms with Crippen molar-refractivity contribution < 1.29 is 14.4 Å². The maximum absolute atomic E-state index is 13.8. The van der Waals surface area contributed by atoms with Gasteiger partial charge in [-0.1, -0.05) is 64.5 Å². The second-order valence-corrected chi connectivity index (χ2v) is 9.34. The number of hydrogen-bond donors (Lipinski definition) is 0. The van der Waals surface area contributed by atoms with E-state index in [1.807, 2.05) is 48.5 Å². The minimum atomic E-state index is -1.07. The molecule has 3 aromatic rings. The fraction of sp³-hybridized carbons (Fsp3) is 0.222. The fourth-order valence-corrected chi connectivity index (χ4v) is 4.99. The molecule has 2 heterocycles. The lowest BCUT2D eigenvalue weighted by atomic mass is 9.95. The van der Waals surface area contributed by atoms with Crippen LogP contribution in [0.5, 0.6) is 0 Å². The summed E-state index contributed by atoms with van der Waals surface area (Å²) in [5.74, 6) is -1.90. The number of halogens is 1. The number of carbonyl (C=O) groups is 3. The summed E-state index contributed by atoms with van der Waals surface area (Å²) >= 11 is 3.38. The molecule has 3 aromatic carbocycles. The van der Waals surface area contributed by atoms with Gasteiger partial charge >= 0.3 is 0 Å². The van der Waals surface area contributed by atoms with Gasteiger partial charge in [-0.15, -0.1) is 0 Å². The van der Waals surface area contributed by atoms with E-state index >= 15 is 0 Å². The number of hydrogen-bond acceptors (Lipinski definition) is 3. The van der Waals surface area contributed by atoms with Crippen LogP contribution in [0.1, 0.15) is 27.9 Å². The molecule has 0 N–H and O–H groups in total. The van der Waals surface area contributed by atoms with Crippen LogP contribution in [-0.2, 0) is 22.4 Å². The lowest BCUT2D eigenvalue weighted by molar-refractivity contribution is -0.132. The van der Waals surface area contributed by atoms with Gasteiger partial charge in [0.15, 0.2) is 5.78 Å². The molecule has 2 aliphatic rings. The predicted molar refractivity (Wildman–Crippen MR) is 132 cm³/mol. The lowest BCUT2D eigenvalue weighted by Crippen LogP contribution is -2.45. The molecule has 0 fully saturated rings. The zero-order valence-electron chi connectivity index (χ0n) is 18.0. The van der Waals surface area contributed by atoms with E-state index in [2.05, 4.69) is 15.9 Å². The first-order valence-corrected chi connectivity index (χ1v) is 11.9. The van der Waals surface area contributed by atoms with Gasteiger partial charge in [-0.2, -0.15) is 0 Å². The summed E-state index contributed by atoms with van der Waals surface area (Å²) in [5.41, 5.74) is 4.33. The maximum atomic E-state index is 13.8. The number of Topliss-reactive ketones (excluding diaryl/α,β-unsaturated/α-hetero) is 1. The summed E-state index contributed by atoms with van der Waals surface area (Å²) in [4.78, 5) is 44.0. The molecule has 166 valence electrons. The van der Waals surface area contributed by atoms with E-state index < -0.39 is 5.92 Å². The molecule has 2 amide bonds. The fourth-order valence-electron chi connectivity index (χ4n) is 4.73. The van der Waals surface area contributed by atoms with Gasteiger partial charge in [0.05, 0.1) is 0 Å². The first kappa shape index (κ1) is 21.6. The number of nitrogens with zero attached hydrogens (tertiary/aromatic N) is 2. The predicted octanol–water partition coefficient (Wildman–Crippen LogP) is 4.82. The van der Waals surface area contributed by atoms with E-state index in [0.717, 1.165) is 39.8 Å². The van der Waals surface area contributed by atoms with Crippen molar-refractivity contribution in [2.45, 2.75) is 19.3 Å². The topological polar surface area (TPSA) is 57.7 Å². The molecule has 0 aromatic heterocycles. The van der Waals surface area contributed by atoms with Crippen LogP contribution in [0.25, 0.3) is 0 Å². The summed E-state index contributed by atoms with van der Waals surface area (Å²) in [6.45, 7) is 1.04. The van der Waals surface area contributed by atoms with Crippen LogP contribution < -0.4 is 9.80 Å². The second kappa shape index (κ2) is 8.94. The van der Waals surface area contributed by atoms with Crippen molar-refractivity contribution >= 4 is 44.9 Å². The Labute approximate surface area is 201 Å². The summed E-state index contributed by atoms with van der Waals surface area (Å²) in [6.07, 6.45) is 1.34. The molecule has 2 aliphatic heterocycles. The highest BCUT2D eigenvalue weighted by Crippen LogP contribution is 2.33. The van der Waals surface area contributed by atoms with Gasteiger partial charge in [-0.25, -0.2) is 0 Å². The second-order valence-electron chi connectivity index (χ2n) is 8.42. The molecule has 5 rings (SSSR count). The first-order chi connectivity index (χ1) is 16.0. The minimum absolute atomic E-state index is 0.156.